The van der Waals surface area contributed by atoms with Crippen LogP contribution in [0.15, 0.2) is 33.2 Å². The van der Waals surface area contributed by atoms with Gasteiger partial charge in [-0.25, -0.2) is 0 Å². The van der Waals surface area contributed by atoms with E-state index in [4.69, 9.17) is 20.8 Å². The van der Waals surface area contributed by atoms with E-state index in [0.29, 0.717) is 23.4 Å². The molecule has 1 aromatic heterocycles. The van der Waals surface area contributed by atoms with Gasteiger partial charge in [0, 0.05) is 22.6 Å². The number of hydrogen-bond acceptors (Lipinski definition) is 3. The molecule has 0 atom stereocenters. The zero-order valence-corrected chi connectivity index (χ0v) is 14.1. The Balaban J connectivity index is 1.61. The molecule has 112 valence electrons. The van der Waals surface area contributed by atoms with Gasteiger partial charge < -0.3 is 14.5 Å². The molecule has 3 nitrogen and oxygen atoms in total. The molecular weight excluding hydrogens is 354 g/mol. The Bertz CT molecular complexity index is 637. The Hall–Kier alpha value is -0.970. The SMILES string of the molecule is Cc1oc(COc2cc(Br)ccc2Cl)cc1CNC1CC1. The lowest BCUT2D eigenvalue weighted by atomic mass is 10.2. The van der Waals surface area contributed by atoms with Gasteiger partial charge in [-0.05, 0) is 44.0 Å². The number of rotatable bonds is 6. The molecule has 1 saturated carbocycles. The Kier molecular flexibility index (Phi) is 4.57. The summed E-state index contributed by atoms with van der Waals surface area (Å²) >= 11 is 9.51. The Morgan fingerprint density at radius 3 is 2.95 bits per heavy atom. The van der Waals surface area contributed by atoms with E-state index in [-0.39, 0.29) is 0 Å². The first-order valence-corrected chi connectivity index (χ1v) is 8.18. The topological polar surface area (TPSA) is 34.4 Å². The molecular formula is C16H17BrClNO2. The molecule has 0 spiro atoms. The van der Waals surface area contributed by atoms with Crippen LogP contribution in [0.2, 0.25) is 5.02 Å². The van der Waals surface area contributed by atoms with Gasteiger partial charge in [0.05, 0.1) is 5.02 Å². The third kappa shape index (κ3) is 4.02. The van der Waals surface area contributed by atoms with Gasteiger partial charge in [0.15, 0.2) is 0 Å². The molecule has 5 heteroatoms. The van der Waals surface area contributed by atoms with E-state index in [1.54, 1.807) is 6.07 Å². The van der Waals surface area contributed by atoms with Crippen LogP contribution in [0.3, 0.4) is 0 Å². The van der Waals surface area contributed by atoms with Gasteiger partial charge in [0.1, 0.15) is 23.9 Å². The maximum Gasteiger partial charge on any atom is 0.146 e. The van der Waals surface area contributed by atoms with Gasteiger partial charge in [-0.15, -0.1) is 0 Å². The second-order valence-corrected chi connectivity index (χ2v) is 6.64. The van der Waals surface area contributed by atoms with Crippen LogP contribution in [-0.2, 0) is 13.2 Å². The van der Waals surface area contributed by atoms with Crippen molar-refractivity contribution in [1.29, 1.82) is 0 Å². The predicted molar refractivity (Wildman–Crippen MR) is 86.8 cm³/mol. The van der Waals surface area contributed by atoms with Crippen LogP contribution in [0.25, 0.3) is 0 Å². The van der Waals surface area contributed by atoms with E-state index in [1.807, 2.05) is 19.1 Å². The summed E-state index contributed by atoms with van der Waals surface area (Å²) in [5, 5.41) is 4.08. The van der Waals surface area contributed by atoms with Crippen LogP contribution in [-0.4, -0.2) is 6.04 Å². The molecule has 1 heterocycles. The Labute approximate surface area is 137 Å². The first kappa shape index (κ1) is 14.9. The summed E-state index contributed by atoms with van der Waals surface area (Å²) in [4.78, 5) is 0. The van der Waals surface area contributed by atoms with Gasteiger partial charge in [-0.3, -0.25) is 0 Å². The number of hydrogen-bond donors (Lipinski definition) is 1. The van der Waals surface area contributed by atoms with Gasteiger partial charge in [0.2, 0.25) is 0 Å². The molecule has 0 bridgehead atoms. The zero-order chi connectivity index (χ0) is 14.8. The van der Waals surface area contributed by atoms with Gasteiger partial charge in [-0.1, -0.05) is 27.5 Å². The van der Waals surface area contributed by atoms with Crippen molar-refractivity contribution in [3.8, 4) is 5.75 Å². The molecule has 1 N–H and O–H groups in total. The first-order valence-electron chi connectivity index (χ1n) is 7.01. The molecule has 1 fully saturated rings. The molecule has 2 aromatic rings. The summed E-state index contributed by atoms with van der Waals surface area (Å²) in [5.74, 6) is 2.41. The summed E-state index contributed by atoms with van der Waals surface area (Å²) in [5.41, 5.74) is 1.20. The minimum absolute atomic E-state index is 0.375. The quantitative estimate of drug-likeness (QED) is 0.790. The monoisotopic (exact) mass is 369 g/mol. The molecule has 3 rings (SSSR count). The van der Waals surface area contributed by atoms with Crippen molar-refractivity contribution in [1.82, 2.24) is 5.32 Å². The number of furan rings is 1. The molecule has 1 aliphatic rings. The summed E-state index contributed by atoms with van der Waals surface area (Å²) in [6.07, 6.45) is 2.57. The fraction of sp³-hybridized carbons (Fsp3) is 0.375. The number of ether oxygens (including phenoxy) is 1. The number of halogens is 2. The lowest BCUT2D eigenvalue weighted by molar-refractivity contribution is 0.267. The largest absolute Gasteiger partial charge is 0.484 e. The summed E-state index contributed by atoms with van der Waals surface area (Å²) in [7, 11) is 0. The second kappa shape index (κ2) is 6.42. The minimum atomic E-state index is 0.375. The highest BCUT2D eigenvalue weighted by Crippen LogP contribution is 2.29. The number of nitrogens with one attached hydrogen (secondary N) is 1. The summed E-state index contributed by atoms with van der Waals surface area (Å²) < 4.78 is 12.4. The van der Waals surface area contributed by atoms with Crippen LogP contribution in [0.5, 0.6) is 5.75 Å². The number of aryl methyl sites for hydroxylation is 1. The Morgan fingerprint density at radius 1 is 1.38 bits per heavy atom. The highest BCUT2D eigenvalue weighted by molar-refractivity contribution is 9.10. The van der Waals surface area contributed by atoms with Gasteiger partial charge in [0.25, 0.3) is 0 Å². The highest BCUT2D eigenvalue weighted by atomic mass is 79.9. The fourth-order valence-corrected chi connectivity index (χ4v) is 2.62. The molecule has 0 amide bonds. The lowest BCUT2D eigenvalue weighted by Gasteiger charge is -2.06. The molecule has 1 aliphatic carbocycles. The van der Waals surface area contributed by atoms with E-state index in [1.165, 1.54) is 18.4 Å². The third-order valence-corrected chi connectivity index (χ3v) is 4.30. The summed E-state index contributed by atoms with van der Waals surface area (Å²) in [6, 6.07) is 8.29. The van der Waals surface area contributed by atoms with Crippen molar-refractivity contribution in [2.24, 2.45) is 0 Å². The Morgan fingerprint density at radius 2 is 2.19 bits per heavy atom. The molecule has 21 heavy (non-hydrogen) atoms. The standard InChI is InChI=1S/C16H17BrClNO2/c1-10-11(8-19-13-3-4-13)6-14(21-10)9-20-16-7-12(17)2-5-15(16)18/h2,5-7,13,19H,3-4,8-9H2,1H3. The van der Waals surface area contributed by atoms with E-state index in [0.717, 1.165) is 22.5 Å². The van der Waals surface area contributed by atoms with Crippen molar-refractivity contribution in [3.63, 3.8) is 0 Å². The van der Waals surface area contributed by atoms with Crippen LogP contribution >= 0.6 is 27.5 Å². The van der Waals surface area contributed by atoms with Crippen LogP contribution < -0.4 is 10.1 Å². The normalized spacial score (nSPS) is 14.4. The van der Waals surface area contributed by atoms with Gasteiger partial charge in [-0.2, -0.15) is 0 Å². The van der Waals surface area contributed by atoms with Crippen molar-refractivity contribution in [2.45, 2.75) is 39.0 Å². The highest BCUT2D eigenvalue weighted by Gasteiger charge is 2.21. The average Bonchev–Trinajstić information content (AvgIpc) is 3.21. The molecule has 1 aromatic carbocycles. The maximum absolute atomic E-state index is 6.10. The van der Waals surface area contributed by atoms with Crippen molar-refractivity contribution in [2.75, 3.05) is 0 Å². The fourth-order valence-electron chi connectivity index (χ4n) is 2.11. The number of benzene rings is 1. The van der Waals surface area contributed by atoms with Crippen LogP contribution in [0, 0.1) is 6.92 Å². The molecule has 0 unspecified atom stereocenters. The molecule has 0 radical (unpaired) electrons. The van der Waals surface area contributed by atoms with Gasteiger partial charge >= 0.3 is 0 Å². The van der Waals surface area contributed by atoms with Crippen molar-refractivity contribution < 1.29 is 9.15 Å². The van der Waals surface area contributed by atoms with Crippen LogP contribution in [0.1, 0.15) is 29.9 Å². The molecule has 0 aliphatic heterocycles. The van der Waals surface area contributed by atoms with Crippen LogP contribution in [0.4, 0.5) is 0 Å². The van der Waals surface area contributed by atoms with Crippen molar-refractivity contribution >= 4 is 27.5 Å². The van der Waals surface area contributed by atoms with E-state index in [9.17, 15) is 0 Å². The van der Waals surface area contributed by atoms with E-state index < -0.39 is 0 Å². The second-order valence-electron chi connectivity index (χ2n) is 5.31. The predicted octanol–water partition coefficient (Wildman–Crippen LogP) is 4.83. The van der Waals surface area contributed by atoms with E-state index in [2.05, 4.69) is 27.3 Å². The third-order valence-electron chi connectivity index (χ3n) is 3.49. The first-order chi connectivity index (χ1) is 10.1. The maximum atomic E-state index is 6.10. The summed E-state index contributed by atoms with van der Waals surface area (Å²) in [6.45, 7) is 3.22. The average molecular weight is 371 g/mol. The lowest BCUT2D eigenvalue weighted by Crippen LogP contribution is -2.15. The zero-order valence-electron chi connectivity index (χ0n) is 11.8. The minimum Gasteiger partial charge on any atom is -0.484 e. The van der Waals surface area contributed by atoms with Crippen molar-refractivity contribution in [3.05, 3.63) is 50.8 Å². The van der Waals surface area contributed by atoms with E-state index >= 15 is 0 Å². The smallest absolute Gasteiger partial charge is 0.146 e. The molecule has 0 saturated heterocycles.